The average Bonchev–Trinajstić information content (AvgIpc) is 2.64. The number of hydrogen-bond donors (Lipinski definition) is 0. The molecule has 4 nitrogen and oxygen atoms in total. The van der Waals surface area contributed by atoms with Crippen LogP contribution < -0.4 is 9.47 Å². The molecule has 0 bridgehead atoms. The molecule has 136 valence electrons. The number of para-hydroxylation sites is 1. The third-order valence-corrected chi connectivity index (χ3v) is 4.12. The maximum absolute atomic E-state index is 6.05. The van der Waals surface area contributed by atoms with Gasteiger partial charge >= 0.3 is 0 Å². The highest BCUT2D eigenvalue weighted by atomic mass is 16.5. The summed E-state index contributed by atoms with van der Waals surface area (Å²) in [5.74, 6) is 1.83. The number of nitrogens with zero attached hydrogens (tertiary/aromatic N) is 1. The summed E-state index contributed by atoms with van der Waals surface area (Å²) in [4.78, 5) is 2.10. The summed E-state index contributed by atoms with van der Waals surface area (Å²) in [6.07, 6.45) is 1.93. The normalized spacial score (nSPS) is 12.2. The Kier molecular flexibility index (Phi) is 7.76. The van der Waals surface area contributed by atoms with Crippen LogP contribution >= 0.6 is 0 Å². The van der Waals surface area contributed by atoms with Crippen molar-refractivity contribution in [1.82, 2.24) is 4.90 Å². The smallest absolute Gasteiger partial charge is 0.122 e. The van der Waals surface area contributed by atoms with E-state index in [0.29, 0.717) is 6.61 Å². The molecule has 0 saturated carbocycles. The van der Waals surface area contributed by atoms with Gasteiger partial charge < -0.3 is 19.1 Å². The van der Waals surface area contributed by atoms with E-state index >= 15 is 0 Å². The Balaban J connectivity index is 1.97. The van der Waals surface area contributed by atoms with E-state index in [2.05, 4.69) is 29.2 Å². The zero-order valence-electron chi connectivity index (χ0n) is 15.7. The molecule has 0 fully saturated rings. The van der Waals surface area contributed by atoms with Crippen molar-refractivity contribution in [3.05, 3.63) is 59.7 Å². The number of hydrogen-bond acceptors (Lipinski definition) is 4. The van der Waals surface area contributed by atoms with E-state index in [1.165, 1.54) is 11.1 Å². The number of methoxy groups -OCH3 is 2. The summed E-state index contributed by atoms with van der Waals surface area (Å²) in [6.45, 7) is 1.38. The molecule has 0 aromatic heterocycles. The van der Waals surface area contributed by atoms with Crippen LogP contribution in [0.4, 0.5) is 0 Å². The van der Waals surface area contributed by atoms with Gasteiger partial charge in [-0.25, -0.2) is 0 Å². The second-order valence-corrected chi connectivity index (χ2v) is 6.39. The van der Waals surface area contributed by atoms with E-state index < -0.39 is 0 Å². The Morgan fingerprint density at radius 1 is 0.960 bits per heavy atom. The Morgan fingerprint density at radius 3 is 2.48 bits per heavy atom. The van der Waals surface area contributed by atoms with Gasteiger partial charge in [-0.15, -0.1) is 0 Å². The predicted octanol–water partition coefficient (Wildman–Crippen LogP) is 3.44. The molecule has 1 unspecified atom stereocenters. The SMILES string of the molecule is COc1cccc(CCc2ccccc2OCC(CN(C)C)OC)c1. The molecule has 2 aromatic carbocycles. The van der Waals surface area contributed by atoms with Gasteiger partial charge in [0.1, 0.15) is 24.2 Å². The fourth-order valence-corrected chi connectivity index (χ4v) is 2.74. The van der Waals surface area contributed by atoms with Gasteiger partial charge in [0, 0.05) is 13.7 Å². The van der Waals surface area contributed by atoms with E-state index in [9.17, 15) is 0 Å². The maximum Gasteiger partial charge on any atom is 0.122 e. The van der Waals surface area contributed by atoms with E-state index in [1.54, 1.807) is 14.2 Å². The first-order valence-corrected chi connectivity index (χ1v) is 8.63. The zero-order valence-corrected chi connectivity index (χ0v) is 15.7. The number of benzene rings is 2. The van der Waals surface area contributed by atoms with Gasteiger partial charge in [0.05, 0.1) is 7.11 Å². The molecule has 0 amide bonds. The Labute approximate surface area is 151 Å². The van der Waals surface area contributed by atoms with Gasteiger partial charge in [-0.3, -0.25) is 0 Å². The minimum absolute atomic E-state index is 0.0569. The van der Waals surface area contributed by atoms with Crippen LogP contribution in [-0.4, -0.2) is 52.5 Å². The lowest BCUT2D eigenvalue weighted by atomic mass is 10.0. The maximum atomic E-state index is 6.05. The highest BCUT2D eigenvalue weighted by Crippen LogP contribution is 2.21. The molecule has 1 atom stereocenters. The van der Waals surface area contributed by atoms with Crippen LogP contribution in [0.15, 0.2) is 48.5 Å². The number of likely N-dealkylation sites (N-methyl/N-ethyl adjacent to an activating group) is 1. The molecule has 0 aliphatic carbocycles. The van der Waals surface area contributed by atoms with Crippen LogP contribution in [0.2, 0.25) is 0 Å². The van der Waals surface area contributed by atoms with Crippen LogP contribution in [0, 0.1) is 0 Å². The van der Waals surface area contributed by atoms with E-state index in [0.717, 1.165) is 30.9 Å². The molecule has 0 radical (unpaired) electrons. The summed E-state index contributed by atoms with van der Waals surface area (Å²) in [7, 11) is 7.50. The van der Waals surface area contributed by atoms with Crippen molar-refractivity contribution in [2.24, 2.45) is 0 Å². The lowest BCUT2D eigenvalue weighted by Crippen LogP contribution is -2.32. The molecule has 25 heavy (non-hydrogen) atoms. The van der Waals surface area contributed by atoms with Crippen molar-refractivity contribution in [3.63, 3.8) is 0 Å². The molecule has 2 aromatic rings. The van der Waals surface area contributed by atoms with Gasteiger partial charge in [0.15, 0.2) is 0 Å². The fraction of sp³-hybridized carbons (Fsp3) is 0.429. The highest BCUT2D eigenvalue weighted by molar-refractivity contribution is 5.35. The first-order valence-electron chi connectivity index (χ1n) is 8.63. The molecule has 4 heteroatoms. The summed E-state index contributed by atoms with van der Waals surface area (Å²) in [5, 5.41) is 0. The minimum atomic E-state index is 0.0569. The topological polar surface area (TPSA) is 30.9 Å². The summed E-state index contributed by atoms with van der Waals surface area (Å²) in [5.41, 5.74) is 2.47. The molecule has 0 spiro atoms. The van der Waals surface area contributed by atoms with Crippen LogP contribution in [-0.2, 0) is 17.6 Å². The van der Waals surface area contributed by atoms with Crippen molar-refractivity contribution in [3.8, 4) is 11.5 Å². The molecule has 0 N–H and O–H groups in total. The number of aryl methyl sites for hydroxylation is 2. The van der Waals surface area contributed by atoms with Gasteiger partial charge in [0.25, 0.3) is 0 Å². The lowest BCUT2D eigenvalue weighted by Gasteiger charge is -2.21. The third-order valence-electron chi connectivity index (χ3n) is 4.12. The lowest BCUT2D eigenvalue weighted by molar-refractivity contribution is 0.0396. The van der Waals surface area contributed by atoms with Crippen LogP contribution in [0.25, 0.3) is 0 Å². The van der Waals surface area contributed by atoms with Crippen LogP contribution in [0.3, 0.4) is 0 Å². The highest BCUT2D eigenvalue weighted by Gasteiger charge is 2.11. The van der Waals surface area contributed by atoms with Crippen molar-refractivity contribution in [2.75, 3.05) is 41.5 Å². The Bertz CT molecular complexity index is 643. The second-order valence-electron chi connectivity index (χ2n) is 6.39. The molecule has 2 rings (SSSR count). The zero-order chi connectivity index (χ0) is 18.1. The van der Waals surface area contributed by atoms with Crippen molar-refractivity contribution < 1.29 is 14.2 Å². The van der Waals surface area contributed by atoms with Crippen molar-refractivity contribution in [2.45, 2.75) is 18.9 Å². The molecule has 0 aliphatic rings. The van der Waals surface area contributed by atoms with Crippen molar-refractivity contribution >= 4 is 0 Å². The molecule has 0 saturated heterocycles. The van der Waals surface area contributed by atoms with Crippen molar-refractivity contribution in [1.29, 1.82) is 0 Å². The summed E-state index contributed by atoms with van der Waals surface area (Å²) < 4.78 is 16.8. The third kappa shape index (κ3) is 6.40. The molecular formula is C21H29NO3. The monoisotopic (exact) mass is 343 g/mol. The number of rotatable bonds is 10. The van der Waals surface area contributed by atoms with E-state index in [1.807, 2.05) is 38.4 Å². The summed E-state index contributed by atoms with van der Waals surface area (Å²) >= 11 is 0. The largest absolute Gasteiger partial charge is 0.497 e. The first-order chi connectivity index (χ1) is 12.1. The molecule has 0 heterocycles. The molecule has 0 aliphatic heterocycles. The second kappa shape index (κ2) is 10.1. The Hall–Kier alpha value is -2.04. The van der Waals surface area contributed by atoms with Gasteiger partial charge in [0.2, 0.25) is 0 Å². The van der Waals surface area contributed by atoms with Crippen LogP contribution in [0.1, 0.15) is 11.1 Å². The minimum Gasteiger partial charge on any atom is -0.497 e. The van der Waals surface area contributed by atoms with Gasteiger partial charge in [-0.1, -0.05) is 30.3 Å². The van der Waals surface area contributed by atoms with E-state index in [4.69, 9.17) is 14.2 Å². The van der Waals surface area contributed by atoms with Gasteiger partial charge in [-0.2, -0.15) is 0 Å². The van der Waals surface area contributed by atoms with Crippen LogP contribution in [0.5, 0.6) is 11.5 Å². The quantitative estimate of drug-likeness (QED) is 0.661. The Morgan fingerprint density at radius 2 is 1.76 bits per heavy atom. The fourth-order valence-electron chi connectivity index (χ4n) is 2.74. The first kappa shape index (κ1) is 19.3. The summed E-state index contributed by atoms with van der Waals surface area (Å²) in [6, 6.07) is 16.4. The molecular weight excluding hydrogens is 314 g/mol. The average molecular weight is 343 g/mol. The number of ether oxygens (including phenoxy) is 3. The van der Waals surface area contributed by atoms with Gasteiger partial charge in [-0.05, 0) is 56.3 Å². The standard InChI is InChI=1S/C21H29NO3/c1-22(2)15-20(24-4)16-25-21-11-6-5-9-18(21)13-12-17-8-7-10-19(14-17)23-3/h5-11,14,20H,12-13,15-16H2,1-4H3. The van der Waals surface area contributed by atoms with E-state index in [-0.39, 0.29) is 6.10 Å². The predicted molar refractivity (Wildman–Crippen MR) is 102 cm³/mol.